The van der Waals surface area contributed by atoms with E-state index in [2.05, 4.69) is 15.2 Å². The predicted molar refractivity (Wildman–Crippen MR) is 62.1 cm³/mol. The molecule has 0 unspecified atom stereocenters. The highest BCUT2D eigenvalue weighted by atomic mass is 16.4. The molecule has 2 aromatic rings. The number of nitrogens with one attached hydrogen (secondary N) is 2. The summed E-state index contributed by atoms with van der Waals surface area (Å²) < 4.78 is 0. The maximum absolute atomic E-state index is 9.65. The van der Waals surface area contributed by atoms with Crippen molar-refractivity contribution in [3.05, 3.63) is 43.0 Å². The van der Waals surface area contributed by atoms with Crippen LogP contribution in [0.2, 0.25) is 0 Å². The minimum atomic E-state index is -1.18. The standard InChI is InChI=1S/C4H5N.C3H4N2.C3H7NO3/c2*1-2-4-5-3-1;4-2(1-5)3(6)7/h1-5H;1-3H,(H,4,5);2,5H,1,4H2,(H,6,7)/t;;2-/m..0/s1. The summed E-state index contributed by atoms with van der Waals surface area (Å²) in [6, 6.07) is 4.60. The van der Waals surface area contributed by atoms with E-state index in [0.717, 1.165) is 0 Å². The van der Waals surface area contributed by atoms with Crippen LogP contribution in [0.25, 0.3) is 0 Å². The Hall–Kier alpha value is -2.12. The van der Waals surface area contributed by atoms with Crippen molar-refractivity contribution in [3.63, 3.8) is 0 Å². The molecular weight excluding hydrogens is 224 g/mol. The number of hydrogen-bond acceptors (Lipinski definition) is 4. The molecule has 1 atom stereocenters. The Morgan fingerprint density at radius 1 is 1.29 bits per heavy atom. The van der Waals surface area contributed by atoms with Gasteiger partial charge in [0.1, 0.15) is 6.04 Å². The molecule has 0 aliphatic heterocycles. The Bertz CT molecular complexity index is 287. The van der Waals surface area contributed by atoms with Crippen LogP contribution in [0.5, 0.6) is 0 Å². The molecule has 0 aliphatic rings. The molecule has 94 valence electrons. The molecular formula is C10H16N4O3. The van der Waals surface area contributed by atoms with Crippen molar-refractivity contribution < 1.29 is 15.0 Å². The van der Waals surface area contributed by atoms with Gasteiger partial charge in [0.25, 0.3) is 0 Å². The number of aromatic amines is 2. The lowest BCUT2D eigenvalue weighted by molar-refractivity contribution is -0.139. The summed E-state index contributed by atoms with van der Waals surface area (Å²) in [6.07, 6.45) is 7.21. The Kier molecular flexibility index (Phi) is 9.10. The molecule has 0 amide bonds. The highest BCUT2D eigenvalue weighted by Crippen LogP contribution is 1.72. The van der Waals surface area contributed by atoms with Crippen molar-refractivity contribution in [1.29, 1.82) is 0 Å². The molecule has 6 N–H and O–H groups in total. The lowest BCUT2D eigenvalue weighted by Crippen LogP contribution is -2.33. The molecule has 2 heterocycles. The first-order chi connectivity index (χ1) is 8.18. The normalized spacial score (nSPS) is 10.2. The number of aliphatic carboxylic acids is 1. The minimum Gasteiger partial charge on any atom is -0.480 e. The summed E-state index contributed by atoms with van der Waals surface area (Å²) in [7, 11) is 0. The van der Waals surface area contributed by atoms with Crippen molar-refractivity contribution in [3.8, 4) is 0 Å². The van der Waals surface area contributed by atoms with Gasteiger partial charge in [0.15, 0.2) is 0 Å². The van der Waals surface area contributed by atoms with E-state index >= 15 is 0 Å². The van der Waals surface area contributed by atoms with E-state index in [9.17, 15) is 4.79 Å². The Balaban J connectivity index is 0.000000229. The van der Waals surface area contributed by atoms with Gasteiger partial charge in [-0.2, -0.15) is 5.10 Å². The highest BCUT2D eigenvalue weighted by Gasteiger charge is 2.06. The highest BCUT2D eigenvalue weighted by molar-refractivity contribution is 5.73. The lowest BCUT2D eigenvalue weighted by Gasteiger charge is -1.96. The number of carboxylic acid groups (broad SMARTS) is 1. The van der Waals surface area contributed by atoms with Gasteiger partial charge in [0.05, 0.1) is 6.61 Å². The zero-order valence-corrected chi connectivity index (χ0v) is 9.15. The number of nitrogens with zero attached hydrogens (tertiary/aromatic N) is 1. The molecule has 0 aromatic carbocycles. The number of H-pyrrole nitrogens is 2. The van der Waals surface area contributed by atoms with Crippen LogP contribution in [0.4, 0.5) is 0 Å². The van der Waals surface area contributed by atoms with Crippen LogP contribution < -0.4 is 5.73 Å². The smallest absolute Gasteiger partial charge is 0.322 e. The Morgan fingerprint density at radius 2 is 1.94 bits per heavy atom. The van der Waals surface area contributed by atoms with E-state index in [0.29, 0.717) is 0 Å². The quantitative estimate of drug-likeness (QED) is 0.497. The third kappa shape index (κ3) is 10.2. The van der Waals surface area contributed by atoms with Gasteiger partial charge in [-0.15, -0.1) is 0 Å². The monoisotopic (exact) mass is 240 g/mol. The maximum Gasteiger partial charge on any atom is 0.322 e. The number of aliphatic hydroxyl groups excluding tert-OH is 1. The summed E-state index contributed by atoms with van der Waals surface area (Å²) in [5, 5.41) is 22.1. The SMILES string of the molecule is N[C@@H](CO)C(=O)O.c1cc[nH]c1.c1cn[nH]c1. The number of hydrogen-bond donors (Lipinski definition) is 5. The topological polar surface area (TPSA) is 128 Å². The minimum absolute atomic E-state index is 0.505. The van der Waals surface area contributed by atoms with Crippen molar-refractivity contribution in [2.75, 3.05) is 6.61 Å². The average molecular weight is 240 g/mol. The fraction of sp³-hybridized carbons (Fsp3) is 0.200. The molecule has 2 aromatic heterocycles. The van der Waals surface area contributed by atoms with Crippen LogP contribution in [-0.2, 0) is 4.79 Å². The summed E-state index contributed by atoms with van der Waals surface area (Å²) in [6.45, 7) is -0.505. The second-order valence-electron chi connectivity index (χ2n) is 2.78. The number of carbonyl (C=O) groups is 1. The van der Waals surface area contributed by atoms with Crippen LogP contribution in [0.1, 0.15) is 0 Å². The molecule has 7 heteroatoms. The number of nitrogens with two attached hydrogens (primary N) is 1. The van der Waals surface area contributed by atoms with Crippen molar-refractivity contribution in [2.45, 2.75) is 6.04 Å². The number of rotatable bonds is 2. The van der Waals surface area contributed by atoms with Crippen LogP contribution in [0.15, 0.2) is 43.0 Å². The molecule has 0 radical (unpaired) electrons. The molecule has 0 spiro atoms. The van der Waals surface area contributed by atoms with Gasteiger partial charge >= 0.3 is 5.97 Å². The van der Waals surface area contributed by atoms with Crippen LogP contribution in [0.3, 0.4) is 0 Å². The van der Waals surface area contributed by atoms with Crippen molar-refractivity contribution in [1.82, 2.24) is 15.2 Å². The van der Waals surface area contributed by atoms with Crippen molar-refractivity contribution in [2.24, 2.45) is 5.73 Å². The molecule has 0 aliphatic carbocycles. The average Bonchev–Trinajstić information content (AvgIpc) is 3.04. The van der Waals surface area contributed by atoms with E-state index in [1.165, 1.54) is 0 Å². The van der Waals surface area contributed by atoms with E-state index in [4.69, 9.17) is 15.9 Å². The fourth-order valence-corrected chi connectivity index (χ4v) is 0.571. The number of aromatic nitrogens is 3. The van der Waals surface area contributed by atoms with Crippen LogP contribution in [0, 0.1) is 0 Å². The zero-order chi connectivity index (χ0) is 12.9. The van der Waals surface area contributed by atoms with E-state index in [-0.39, 0.29) is 0 Å². The number of carboxylic acids is 1. The number of aliphatic hydroxyl groups is 1. The molecule has 7 nitrogen and oxygen atoms in total. The van der Waals surface area contributed by atoms with Crippen LogP contribution >= 0.6 is 0 Å². The van der Waals surface area contributed by atoms with Crippen molar-refractivity contribution >= 4 is 5.97 Å². The third-order valence-corrected chi connectivity index (χ3v) is 1.42. The Labute approximate surface area is 98.3 Å². The largest absolute Gasteiger partial charge is 0.480 e. The van der Waals surface area contributed by atoms with Gasteiger partial charge in [-0.1, -0.05) is 0 Å². The lowest BCUT2D eigenvalue weighted by atomic mass is 10.3. The predicted octanol–water partition coefficient (Wildman–Crippen LogP) is -0.185. The van der Waals surface area contributed by atoms with Crippen LogP contribution in [-0.4, -0.2) is 44.0 Å². The third-order valence-electron chi connectivity index (χ3n) is 1.42. The maximum atomic E-state index is 9.65. The first-order valence-electron chi connectivity index (χ1n) is 4.79. The summed E-state index contributed by atoms with van der Waals surface area (Å²) in [5.41, 5.74) is 4.77. The van der Waals surface area contributed by atoms with Gasteiger partial charge in [-0.25, -0.2) is 0 Å². The fourth-order valence-electron chi connectivity index (χ4n) is 0.571. The van der Waals surface area contributed by atoms with Gasteiger partial charge in [0.2, 0.25) is 0 Å². The second-order valence-corrected chi connectivity index (χ2v) is 2.78. The first kappa shape index (κ1) is 14.9. The second kappa shape index (κ2) is 10.4. The summed E-state index contributed by atoms with van der Waals surface area (Å²) in [4.78, 5) is 12.5. The molecule has 2 rings (SSSR count). The van der Waals surface area contributed by atoms with Gasteiger partial charge < -0.3 is 20.9 Å². The molecule has 0 saturated heterocycles. The molecule has 0 saturated carbocycles. The molecule has 0 bridgehead atoms. The summed E-state index contributed by atoms with van der Waals surface area (Å²) in [5.74, 6) is -1.18. The molecule has 0 fully saturated rings. The Morgan fingerprint density at radius 3 is 2.06 bits per heavy atom. The first-order valence-corrected chi connectivity index (χ1v) is 4.79. The van der Waals surface area contributed by atoms with E-state index in [1.54, 1.807) is 12.4 Å². The van der Waals surface area contributed by atoms with E-state index < -0.39 is 18.6 Å². The van der Waals surface area contributed by atoms with Gasteiger partial charge in [0, 0.05) is 24.8 Å². The van der Waals surface area contributed by atoms with Gasteiger partial charge in [-0.3, -0.25) is 9.89 Å². The summed E-state index contributed by atoms with van der Waals surface area (Å²) >= 11 is 0. The van der Waals surface area contributed by atoms with Gasteiger partial charge in [-0.05, 0) is 18.2 Å². The zero-order valence-electron chi connectivity index (χ0n) is 9.15. The molecule has 17 heavy (non-hydrogen) atoms. The van der Waals surface area contributed by atoms with E-state index in [1.807, 2.05) is 30.6 Å².